The van der Waals surface area contributed by atoms with Crippen LogP contribution in [0.3, 0.4) is 0 Å². The predicted molar refractivity (Wildman–Crippen MR) is 94.7 cm³/mol. The summed E-state index contributed by atoms with van der Waals surface area (Å²) in [5.41, 5.74) is 0.406. The van der Waals surface area contributed by atoms with Crippen LogP contribution in [0.25, 0.3) is 0 Å². The van der Waals surface area contributed by atoms with E-state index in [0.717, 1.165) is 12.4 Å². The minimum atomic E-state index is -4.52. The van der Waals surface area contributed by atoms with Gasteiger partial charge in [0.2, 0.25) is 0 Å². The Morgan fingerprint density at radius 1 is 0.929 bits per heavy atom. The molecule has 0 radical (unpaired) electrons. The number of piperazine rings is 1. The number of alkyl halides is 3. The highest BCUT2D eigenvalue weighted by Crippen LogP contribution is 2.29. The number of anilines is 2. The average molecular weight is 414 g/mol. The molecule has 0 aromatic carbocycles. The lowest BCUT2D eigenvalue weighted by molar-refractivity contribution is -0.141. The maximum Gasteiger partial charge on any atom is 0.433 e. The average Bonchev–Trinajstić information content (AvgIpc) is 2.66. The molecule has 4 heterocycles. The predicted octanol–water partition coefficient (Wildman–Crippen LogP) is 1.08. The number of aromatic nitrogens is 4. The maximum absolute atomic E-state index is 12.8. The summed E-state index contributed by atoms with van der Waals surface area (Å²) in [5.74, 6) is 0.858. The van der Waals surface area contributed by atoms with Crippen LogP contribution in [0.5, 0.6) is 0 Å². The van der Waals surface area contributed by atoms with Crippen LogP contribution in [-0.2, 0) is 28.2 Å². The number of aryl methyl sites for hydroxylation is 1. The highest BCUT2D eigenvalue weighted by Gasteiger charge is 2.33. The fraction of sp³-hybridized carbons (Fsp3) is 0.500. The summed E-state index contributed by atoms with van der Waals surface area (Å²) in [6.45, 7) is 1.91. The van der Waals surface area contributed by atoms with E-state index in [4.69, 9.17) is 0 Å². The fourth-order valence-corrected chi connectivity index (χ4v) is 4.71. The molecule has 0 unspecified atom stereocenters. The Hall–Kier alpha value is -2.50. The number of halogens is 3. The number of rotatable bonds is 2. The van der Waals surface area contributed by atoms with E-state index in [2.05, 4.69) is 20.2 Å². The number of nitrogens with zero attached hydrogens (tertiary/aromatic N) is 6. The highest BCUT2D eigenvalue weighted by molar-refractivity contribution is 7.90. The second kappa shape index (κ2) is 6.83. The van der Waals surface area contributed by atoms with Crippen LogP contribution in [0, 0.1) is 0 Å². The second-order valence-corrected chi connectivity index (χ2v) is 8.93. The van der Waals surface area contributed by atoms with E-state index in [-0.39, 0.29) is 17.3 Å². The summed E-state index contributed by atoms with van der Waals surface area (Å²) in [6.07, 6.45) is -3.23. The van der Waals surface area contributed by atoms with Crippen LogP contribution >= 0.6 is 0 Å². The molecule has 2 aromatic heterocycles. The smallest absolute Gasteiger partial charge is 0.353 e. The van der Waals surface area contributed by atoms with Gasteiger partial charge in [0.05, 0.1) is 17.2 Å². The van der Waals surface area contributed by atoms with Crippen molar-refractivity contribution < 1.29 is 21.6 Å². The van der Waals surface area contributed by atoms with E-state index in [9.17, 15) is 21.6 Å². The Kier molecular flexibility index (Phi) is 4.60. The summed E-state index contributed by atoms with van der Waals surface area (Å²) in [7, 11) is -3.11. The van der Waals surface area contributed by atoms with Crippen molar-refractivity contribution in [1.82, 2.24) is 20.2 Å². The quantitative estimate of drug-likeness (QED) is 0.721. The van der Waals surface area contributed by atoms with E-state index >= 15 is 0 Å². The monoisotopic (exact) mass is 414 g/mol. The van der Waals surface area contributed by atoms with Crippen LogP contribution in [0.4, 0.5) is 24.8 Å². The van der Waals surface area contributed by atoms with Crippen molar-refractivity contribution in [2.45, 2.75) is 18.3 Å². The molecule has 28 heavy (non-hydrogen) atoms. The van der Waals surface area contributed by atoms with Crippen molar-refractivity contribution in [2.75, 3.05) is 41.7 Å². The molecule has 0 bridgehead atoms. The SMILES string of the molecule is O=S1(=O)CCc2nnc(N3CCN(c4cc(C(F)(F)F)ncn4)CC3)cc2C1. The van der Waals surface area contributed by atoms with Crippen molar-refractivity contribution in [3.63, 3.8) is 0 Å². The first-order valence-electron chi connectivity index (χ1n) is 8.66. The third-order valence-electron chi connectivity index (χ3n) is 4.84. The molecule has 0 amide bonds. The third-order valence-corrected chi connectivity index (χ3v) is 6.42. The molecule has 1 saturated heterocycles. The van der Waals surface area contributed by atoms with Gasteiger partial charge >= 0.3 is 6.18 Å². The molecule has 12 heteroatoms. The first-order chi connectivity index (χ1) is 13.2. The topological polar surface area (TPSA) is 92.2 Å². The van der Waals surface area contributed by atoms with Gasteiger partial charge in [-0.2, -0.15) is 18.3 Å². The molecule has 0 N–H and O–H groups in total. The molecular formula is C16H17F3N6O2S. The van der Waals surface area contributed by atoms with Crippen molar-refractivity contribution >= 4 is 21.5 Å². The van der Waals surface area contributed by atoms with E-state index in [1.165, 1.54) is 0 Å². The van der Waals surface area contributed by atoms with Gasteiger partial charge in [0, 0.05) is 38.7 Å². The van der Waals surface area contributed by atoms with Crippen molar-refractivity contribution in [1.29, 1.82) is 0 Å². The van der Waals surface area contributed by atoms with Gasteiger partial charge < -0.3 is 9.80 Å². The first kappa shape index (κ1) is 18.8. The Morgan fingerprint density at radius 2 is 1.61 bits per heavy atom. The normalized spacial score (nSPS) is 19.4. The van der Waals surface area contributed by atoms with Crippen LogP contribution in [0.1, 0.15) is 17.0 Å². The summed E-state index contributed by atoms with van der Waals surface area (Å²) in [5, 5.41) is 8.36. The van der Waals surface area contributed by atoms with Crippen molar-refractivity contribution in [3.8, 4) is 0 Å². The largest absolute Gasteiger partial charge is 0.433 e. The van der Waals surface area contributed by atoms with E-state index in [0.29, 0.717) is 49.7 Å². The molecule has 0 saturated carbocycles. The zero-order valence-electron chi connectivity index (χ0n) is 14.7. The summed E-state index contributed by atoms with van der Waals surface area (Å²) in [4.78, 5) is 10.9. The minimum absolute atomic E-state index is 0.0357. The molecular weight excluding hydrogens is 397 g/mol. The van der Waals surface area contributed by atoms with Gasteiger partial charge in [-0.1, -0.05) is 0 Å². The summed E-state index contributed by atoms with van der Waals surface area (Å²) < 4.78 is 62.2. The van der Waals surface area contributed by atoms with Crippen LogP contribution < -0.4 is 9.80 Å². The summed E-state index contributed by atoms with van der Waals surface area (Å²) in [6, 6.07) is 2.69. The lowest BCUT2D eigenvalue weighted by Crippen LogP contribution is -2.47. The van der Waals surface area contributed by atoms with E-state index in [1.54, 1.807) is 11.0 Å². The van der Waals surface area contributed by atoms with Crippen LogP contribution in [-0.4, -0.2) is 60.5 Å². The fourth-order valence-electron chi connectivity index (χ4n) is 3.33. The number of fused-ring (bicyclic) bond motifs is 1. The molecule has 0 aliphatic carbocycles. The second-order valence-electron chi connectivity index (χ2n) is 6.75. The third kappa shape index (κ3) is 3.86. The van der Waals surface area contributed by atoms with E-state index < -0.39 is 21.7 Å². The molecule has 2 aliphatic heterocycles. The molecule has 8 nitrogen and oxygen atoms in total. The first-order valence-corrected chi connectivity index (χ1v) is 10.5. The number of sulfone groups is 1. The standard InChI is InChI=1S/C16H17F3N6O2S/c17-16(18,19)13-8-14(21-10-20-13)24-2-4-25(5-3-24)15-7-11-9-28(26,27)6-1-12(11)22-23-15/h7-8,10H,1-6,9H2. The molecule has 2 aromatic rings. The van der Waals surface area contributed by atoms with Crippen LogP contribution in [0.2, 0.25) is 0 Å². The zero-order chi connectivity index (χ0) is 19.9. The number of hydrogen-bond acceptors (Lipinski definition) is 8. The Balaban J connectivity index is 1.47. The maximum atomic E-state index is 12.8. The van der Waals surface area contributed by atoms with Gasteiger partial charge in [-0.3, -0.25) is 0 Å². The lowest BCUT2D eigenvalue weighted by atomic mass is 10.2. The van der Waals surface area contributed by atoms with Gasteiger partial charge in [0.15, 0.2) is 15.7 Å². The van der Waals surface area contributed by atoms with Crippen molar-refractivity contribution in [2.24, 2.45) is 0 Å². The number of hydrogen-bond donors (Lipinski definition) is 0. The Bertz CT molecular complexity index is 990. The van der Waals surface area contributed by atoms with Crippen LogP contribution in [0.15, 0.2) is 18.5 Å². The highest BCUT2D eigenvalue weighted by atomic mass is 32.2. The summed E-state index contributed by atoms with van der Waals surface area (Å²) >= 11 is 0. The molecule has 0 atom stereocenters. The lowest BCUT2D eigenvalue weighted by Gasteiger charge is -2.36. The van der Waals surface area contributed by atoms with Gasteiger partial charge in [-0.05, 0) is 11.6 Å². The molecule has 0 spiro atoms. The van der Waals surface area contributed by atoms with Gasteiger partial charge in [0.25, 0.3) is 0 Å². The zero-order valence-corrected chi connectivity index (χ0v) is 15.5. The van der Waals surface area contributed by atoms with E-state index in [1.807, 2.05) is 4.90 Å². The molecule has 1 fully saturated rings. The van der Waals surface area contributed by atoms with Crippen molar-refractivity contribution in [3.05, 3.63) is 35.4 Å². The Labute approximate surface area is 159 Å². The minimum Gasteiger partial charge on any atom is -0.353 e. The molecule has 150 valence electrons. The van der Waals surface area contributed by atoms with Gasteiger partial charge in [-0.15, -0.1) is 5.10 Å². The Morgan fingerprint density at radius 3 is 2.29 bits per heavy atom. The molecule has 4 rings (SSSR count). The van der Waals surface area contributed by atoms with Gasteiger partial charge in [0.1, 0.15) is 17.8 Å². The van der Waals surface area contributed by atoms with Gasteiger partial charge in [-0.25, -0.2) is 18.4 Å². The molecule has 2 aliphatic rings.